The van der Waals surface area contributed by atoms with E-state index in [4.69, 9.17) is 10.5 Å². The molecule has 2 aromatic carbocycles. The molecule has 0 saturated carbocycles. The summed E-state index contributed by atoms with van der Waals surface area (Å²) in [6.07, 6.45) is -0.990. The number of anilines is 1. The predicted molar refractivity (Wildman–Crippen MR) is 91.7 cm³/mol. The Kier molecular flexibility index (Phi) is 5.92. The molecule has 0 unspecified atom stereocenters. The molecule has 0 aliphatic rings. The number of benzene rings is 2. The van der Waals surface area contributed by atoms with Gasteiger partial charge in [0.15, 0.2) is 6.10 Å². The van der Waals surface area contributed by atoms with E-state index in [1.54, 1.807) is 24.3 Å². The Labute approximate surface area is 147 Å². The summed E-state index contributed by atoms with van der Waals surface area (Å²) in [5.41, 5.74) is 6.92. The molecule has 2 rings (SSSR count). The van der Waals surface area contributed by atoms with E-state index >= 15 is 0 Å². The number of carbonyl (C=O) groups is 2. The van der Waals surface area contributed by atoms with Gasteiger partial charge in [-0.1, -0.05) is 28.1 Å². The van der Waals surface area contributed by atoms with E-state index in [1.165, 1.54) is 25.1 Å². The number of halogens is 2. The molecule has 0 heterocycles. The molecule has 0 saturated heterocycles. The molecule has 2 aromatic rings. The Hall–Kier alpha value is -2.41. The molecule has 3 N–H and O–H groups in total. The minimum atomic E-state index is -0.990. The first-order valence-corrected chi connectivity index (χ1v) is 7.94. The molecule has 1 amide bonds. The van der Waals surface area contributed by atoms with Crippen LogP contribution in [-0.2, 0) is 16.1 Å². The van der Waals surface area contributed by atoms with Crippen molar-refractivity contribution < 1.29 is 18.7 Å². The summed E-state index contributed by atoms with van der Waals surface area (Å²) >= 11 is 3.25. The van der Waals surface area contributed by atoms with Gasteiger partial charge in [-0.15, -0.1) is 0 Å². The van der Waals surface area contributed by atoms with Crippen molar-refractivity contribution in [2.75, 3.05) is 5.73 Å². The Bertz CT molecular complexity index is 750. The molecule has 0 aromatic heterocycles. The highest BCUT2D eigenvalue weighted by molar-refractivity contribution is 9.10. The van der Waals surface area contributed by atoms with Crippen molar-refractivity contribution in [3.05, 3.63) is 63.9 Å². The van der Waals surface area contributed by atoms with Gasteiger partial charge in [-0.3, -0.25) is 4.79 Å². The normalized spacial score (nSPS) is 11.6. The largest absolute Gasteiger partial charge is 0.449 e. The summed E-state index contributed by atoms with van der Waals surface area (Å²) in [4.78, 5) is 24.1. The molecule has 0 aliphatic heterocycles. The van der Waals surface area contributed by atoms with Gasteiger partial charge in [0.05, 0.1) is 5.56 Å². The SMILES string of the molecule is C[C@H](OC(=O)c1cc(Br)ccc1N)C(=O)NCc1ccc(F)cc1. The van der Waals surface area contributed by atoms with Crippen LogP contribution in [-0.4, -0.2) is 18.0 Å². The number of esters is 1. The van der Waals surface area contributed by atoms with Crippen LogP contribution in [0.1, 0.15) is 22.8 Å². The van der Waals surface area contributed by atoms with Crippen LogP contribution in [0.3, 0.4) is 0 Å². The lowest BCUT2D eigenvalue weighted by atomic mass is 10.2. The summed E-state index contributed by atoms with van der Waals surface area (Å²) < 4.78 is 18.6. The highest BCUT2D eigenvalue weighted by atomic mass is 79.9. The van der Waals surface area contributed by atoms with Crippen LogP contribution >= 0.6 is 15.9 Å². The van der Waals surface area contributed by atoms with E-state index < -0.39 is 18.0 Å². The van der Waals surface area contributed by atoms with Crippen molar-refractivity contribution in [1.82, 2.24) is 5.32 Å². The molecule has 0 bridgehead atoms. The van der Waals surface area contributed by atoms with Gasteiger partial charge in [0.2, 0.25) is 0 Å². The number of nitrogen functional groups attached to an aromatic ring is 1. The first-order chi connectivity index (χ1) is 11.4. The molecule has 0 fully saturated rings. The van der Waals surface area contributed by atoms with Gasteiger partial charge in [0, 0.05) is 16.7 Å². The minimum Gasteiger partial charge on any atom is -0.449 e. The van der Waals surface area contributed by atoms with Crippen molar-refractivity contribution in [2.45, 2.75) is 19.6 Å². The van der Waals surface area contributed by atoms with Crippen LogP contribution in [0.25, 0.3) is 0 Å². The molecular formula is C17H16BrFN2O3. The van der Waals surface area contributed by atoms with Crippen LogP contribution in [0.5, 0.6) is 0 Å². The molecule has 0 radical (unpaired) electrons. The monoisotopic (exact) mass is 394 g/mol. The fourth-order valence-corrected chi connectivity index (χ4v) is 2.28. The van der Waals surface area contributed by atoms with E-state index in [0.717, 1.165) is 5.56 Å². The number of ether oxygens (including phenoxy) is 1. The third-order valence-corrected chi connectivity index (χ3v) is 3.76. The number of hydrogen-bond acceptors (Lipinski definition) is 4. The van der Waals surface area contributed by atoms with Crippen LogP contribution < -0.4 is 11.1 Å². The van der Waals surface area contributed by atoms with Gasteiger partial charge < -0.3 is 15.8 Å². The van der Waals surface area contributed by atoms with Gasteiger partial charge >= 0.3 is 5.97 Å². The second-order valence-electron chi connectivity index (χ2n) is 5.12. The molecule has 5 nitrogen and oxygen atoms in total. The van der Waals surface area contributed by atoms with Gasteiger partial charge in [0.1, 0.15) is 5.82 Å². The lowest BCUT2D eigenvalue weighted by molar-refractivity contribution is -0.129. The highest BCUT2D eigenvalue weighted by Crippen LogP contribution is 2.19. The zero-order chi connectivity index (χ0) is 17.7. The van der Waals surface area contributed by atoms with Gasteiger partial charge in [-0.05, 0) is 42.8 Å². The van der Waals surface area contributed by atoms with Gasteiger partial charge in [-0.2, -0.15) is 0 Å². The zero-order valence-corrected chi connectivity index (χ0v) is 14.5. The average Bonchev–Trinajstić information content (AvgIpc) is 2.56. The van der Waals surface area contributed by atoms with Crippen LogP contribution in [0.4, 0.5) is 10.1 Å². The second kappa shape index (κ2) is 7.92. The van der Waals surface area contributed by atoms with E-state index in [9.17, 15) is 14.0 Å². The van der Waals surface area contributed by atoms with Crippen molar-refractivity contribution in [3.63, 3.8) is 0 Å². The van der Waals surface area contributed by atoms with Crippen molar-refractivity contribution >= 4 is 33.5 Å². The van der Waals surface area contributed by atoms with Crippen molar-refractivity contribution in [2.24, 2.45) is 0 Å². The number of nitrogens with one attached hydrogen (secondary N) is 1. The molecule has 7 heteroatoms. The van der Waals surface area contributed by atoms with Crippen LogP contribution in [0.15, 0.2) is 46.9 Å². The highest BCUT2D eigenvalue weighted by Gasteiger charge is 2.20. The van der Waals surface area contributed by atoms with Crippen LogP contribution in [0, 0.1) is 5.82 Å². The number of hydrogen-bond donors (Lipinski definition) is 2. The molecule has 24 heavy (non-hydrogen) atoms. The summed E-state index contributed by atoms with van der Waals surface area (Å²) in [6, 6.07) is 10.5. The number of rotatable bonds is 5. The Morgan fingerprint density at radius 2 is 1.92 bits per heavy atom. The summed E-state index contributed by atoms with van der Waals surface area (Å²) in [5, 5.41) is 2.62. The lowest BCUT2D eigenvalue weighted by Crippen LogP contribution is -2.35. The first kappa shape index (κ1) is 17.9. The maximum Gasteiger partial charge on any atom is 0.341 e. The summed E-state index contributed by atoms with van der Waals surface area (Å²) in [5.74, 6) is -1.49. The van der Waals surface area contributed by atoms with Gasteiger partial charge in [-0.25, -0.2) is 9.18 Å². The zero-order valence-electron chi connectivity index (χ0n) is 12.9. The summed E-state index contributed by atoms with van der Waals surface area (Å²) in [6.45, 7) is 1.67. The molecular weight excluding hydrogens is 379 g/mol. The average molecular weight is 395 g/mol. The third kappa shape index (κ3) is 4.79. The quantitative estimate of drug-likeness (QED) is 0.603. The van der Waals surface area contributed by atoms with Crippen molar-refractivity contribution in [3.8, 4) is 0 Å². The number of amides is 1. The molecule has 1 atom stereocenters. The van der Waals surface area contributed by atoms with E-state index in [0.29, 0.717) is 4.47 Å². The maximum absolute atomic E-state index is 12.8. The second-order valence-corrected chi connectivity index (χ2v) is 6.04. The lowest BCUT2D eigenvalue weighted by Gasteiger charge is -2.14. The smallest absolute Gasteiger partial charge is 0.341 e. The Balaban J connectivity index is 1.92. The Morgan fingerprint density at radius 3 is 2.58 bits per heavy atom. The van der Waals surface area contributed by atoms with Crippen LogP contribution in [0.2, 0.25) is 0 Å². The molecule has 126 valence electrons. The Morgan fingerprint density at radius 1 is 1.25 bits per heavy atom. The number of carbonyl (C=O) groups excluding carboxylic acids is 2. The van der Waals surface area contributed by atoms with E-state index in [1.807, 2.05) is 0 Å². The summed E-state index contributed by atoms with van der Waals surface area (Å²) in [7, 11) is 0. The van der Waals surface area contributed by atoms with E-state index in [2.05, 4.69) is 21.2 Å². The van der Waals surface area contributed by atoms with E-state index in [-0.39, 0.29) is 23.6 Å². The number of nitrogens with two attached hydrogens (primary N) is 1. The third-order valence-electron chi connectivity index (χ3n) is 3.27. The topological polar surface area (TPSA) is 81.4 Å². The minimum absolute atomic E-state index is 0.183. The fraction of sp³-hybridized carbons (Fsp3) is 0.176. The molecule has 0 spiro atoms. The fourth-order valence-electron chi connectivity index (χ4n) is 1.92. The predicted octanol–water partition coefficient (Wildman–Crippen LogP) is 3.03. The molecule has 0 aliphatic carbocycles. The van der Waals surface area contributed by atoms with Crippen molar-refractivity contribution in [1.29, 1.82) is 0 Å². The standard InChI is InChI=1S/C17H16BrFN2O3/c1-10(16(22)21-9-11-2-5-13(19)6-3-11)24-17(23)14-8-12(18)4-7-15(14)20/h2-8,10H,9,20H2,1H3,(H,21,22)/t10-/m0/s1. The van der Waals surface area contributed by atoms with Gasteiger partial charge in [0.25, 0.3) is 5.91 Å². The first-order valence-electron chi connectivity index (χ1n) is 7.15. The maximum atomic E-state index is 12.8.